The lowest BCUT2D eigenvalue weighted by Gasteiger charge is -2.28. The first-order valence-corrected chi connectivity index (χ1v) is 6.82. The van der Waals surface area contributed by atoms with Gasteiger partial charge >= 0.3 is 0 Å². The van der Waals surface area contributed by atoms with Crippen LogP contribution in [0.1, 0.15) is 12.5 Å². The Morgan fingerprint density at radius 1 is 1.10 bits per heavy atom. The van der Waals surface area contributed by atoms with E-state index in [0.29, 0.717) is 6.04 Å². The van der Waals surface area contributed by atoms with Crippen LogP contribution >= 0.6 is 0 Å². The highest BCUT2D eigenvalue weighted by molar-refractivity contribution is 5.67. The lowest BCUT2D eigenvalue weighted by atomic mass is 10.0. The Morgan fingerprint density at radius 2 is 1.75 bits per heavy atom. The number of likely N-dealkylation sites (N-methyl/N-ethyl adjacent to an activating group) is 1. The molecule has 1 unspecified atom stereocenters. The highest BCUT2D eigenvalue weighted by Gasteiger charge is 2.14. The number of methoxy groups -OCH3 is 1. The zero-order valence-electron chi connectivity index (χ0n) is 12.3. The predicted molar refractivity (Wildman–Crippen MR) is 85.4 cm³/mol. The van der Waals surface area contributed by atoms with E-state index >= 15 is 0 Å². The molecule has 0 aliphatic rings. The average molecular weight is 270 g/mol. The molecule has 0 aliphatic heterocycles. The molecule has 2 aromatic carbocycles. The summed E-state index contributed by atoms with van der Waals surface area (Å²) in [7, 11) is 3.79. The summed E-state index contributed by atoms with van der Waals surface area (Å²) < 4.78 is 5.41. The normalized spacial score (nSPS) is 11.9. The largest absolute Gasteiger partial charge is 0.496 e. The third-order valence-electron chi connectivity index (χ3n) is 3.69. The number of anilines is 2. The van der Waals surface area contributed by atoms with Crippen molar-refractivity contribution >= 4 is 11.4 Å². The molecular weight excluding hydrogens is 248 g/mol. The first-order chi connectivity index (χ1) is 9.63. The van der Waals surface area contributed by atoms with Crippen molar-refractivity contribution in [2.24, 2.45) is 0 Å². The zero-order valence-corrected chi connectivity index (χ0v) is 12.3. The van der Waals surface area contributed by atoms with Crippen molar-refractivity contribution < 1.29 is 4.74 Å². The molecule has 0 amide bonds. The minimum absolute atomic E-state index is 0.330. The van der Waals surface area contributed by atoms with Crippen molar-refractivity contribution in [1.82, 2.24) is 0 Å². The number of para-hydroxylation sites is 3. The molecule has 0 aliphatic carbocycles. The van der Waals surface area contributed by atoms with Gasteiger partial charge in [0.05, 0.1) is 18.5 Å². The van der Waals surface area contributed by atoms with Crippen LogP contribution in [0.15, 0.2) is 48.5 Å². The summed E-state index contributed by atoms with van der Waals surface area (Å²) >= 11 is 0. The summed E-state index contributed by atoms with van der Waals surface area (Å²) in [6.07, 6.45) is 0.912. The molecule has 2 rings (SSSR count). The molecular formula is C17H22N2O. The maximum absolute atomic E-state index is 6.04. The standard InChI is InChI=1S/C17H22N2O/c1-13(12-14-8-4-7-11-17(14)20-3)19(2)16-10-6-5-9-15(16)18/h4-11,13H,12,18H2,1-3H3. The third-order valence-corrected chi connectivity index (χ3v) is 3.69. The fraction of sp³-hybridized carbons (Fsp3) is 0.294. The van der Waals surface area contributed by atoms with E-state index in [1.54, 1.807) is 7.11 Å². The molecule has 0 aromatic heterocycles. The molecule has 0 bridgehead atoms. The van der Waals surface area contributed by atoms with Gasteiger partial charge in [-0.05, 0) is 37.1 Å². The summed E-state index contributed by atoms with van der Waals surface area (Å²) in [6.45, 7) is 2.19. The number of nitrogens with two attached hydrogens (primary N) is 1. The van der Waals surface area contributed by atoms with Crippen LogP contribution in [0.4, 0.5) is 11.4 Å². The van der Waals surface area contributed by atoms with Crippen LogP contribution in [0.2, 0.25) is 0 Å². The minimum Gasteiger partial charge on any atom is -0.496 e. The van der Waals surface area contributed by atoms with E-state index in [2.05, 4.69) is 24.9 Å². The predicted octanol–water partition coefficient (Wildman–Crippen LogP) is 3.34. The molecule has 0 heterocycles. The van der Waals surface area contributed by atoms with Gasteiger partial charge in [0, 0.05) is 13.1 Å². The molecule has 0 saturated heterocycles. The molecule has 0 spiro atoms. The quantitative estimate of drug-likeness (QED) is 0.847. The zero-order chi connectivity index (χ0) is 14.5. The lowest BCUT2D eigenvalue weighted by Crippen LogP contribution is -2.31. The van der Waals surface area contributed by atoms with Gasteiger partial charge in [0.15, 0.2) is 0 Å². The van der Waals surface area contributed by atoms with Gasteiger partial charge in [-0.3, -0.25) is 0 Å². The van der Waals surface area contributed by atoms with E-state index in [1.807, 2.05) is 42.5 Å². The number of nitrogen functional groups attached to an aromatic ring is 1. The molecule has 0 saturated carbocycles. The first-order valence-electron chi connectivity index (χ1n) is 6.82. The number of benzene rings is 2. The first kappa shape index (κ1) is 14.3. The maximum Gasteiger partial charge on any atom is 0.122 e. The van der Waals surface area contributed by atoms with Gasteiger partial charge in [0.1, 0.15) is 5.75 Å². The molecule has 0 radical (unpaired) electrons. The van der Waals surface area contributed by atoms with Crippen molar-refractivity contribution in [3.63, 3.8) is 0 Å². The topological polar surface area (TPSA) is 38.5 Å². The van der Waals surface area contributed by atoms with Crippen LogP contribution in [0.5, 0.6) is 5.75 Å². The summed E-state index contributed by atoms with van der Waals surface area (Å²) in [5.74, 6) is 0.939. The Labute approximate surface area is 121 Å². The van der Waals surface area contributed by atoms with Gasteiger partial charge in [0.2, 0.25) is 0 Å². The Hall–Kier alpha value is -2.16. The average Bonchev–Trinajstić information content (AvgIpc) is 2.47. The SMILES string of the molecule is COc1ccccc1CC(C)N(C)c1ccccc1N. The second-order valence-corrected chi connectivity index (χ2v) is 5.03. The number of hydrogen-bond donors (Lipinski definition) is 1. The number of rotatable bonds is 5. The van der Waals surface area contributed by atoms with Crippen LogP contribution in [-0.4, -0.2) is 20.2 Å². The highest BCUT2D eigenvalue weighted by atomic mass is 16.5. The molecule has 3 heteroatoms. The van der Waals surface area contributed by atoms with Crippen molar-refractivity contribution in [3.05, 3.63) is 54.1 Å². The van der Waals surface area contributed by atoms with Gasteiger partial charge in [-0.15, -0.1) is 0 Å². The number of hydrogen-bond acceptors (Lipinski definition) is 3. The Kier molecular flexibility index (Phi) is 4.51. The van der Waals surface area contributed by atoms with Crippen LogP contribution < -0.4 is 15.4 Å². The van der Waals surface area contributed by atoms with E-state index in [4.69, 9.17) is 10.5 Å². The maximum atomic E-state index is 6.04. The molecule has 2 N–H and O–H groups in total. The van der Waals surface area contributed by atoms with Gasteiger partial charge in [-0.2, -0.15) is 0 Å². The van der Waals surface area contributed by atoms with Crippen molar-refractivity contribution in [3.8, 4) is 5.75 Å². The minimum atomic E-state index is 0.330. The summed E-state index contributed by atoms with van der Waals surface area (Å²) in [5, 5.41) is 0. The Bertz CT molecular complexity index is 568. The fourth-order valence-corrected chi connectivity index (χ4v) is 2.37. The highest BCUT2D eigenvalue weighted by Crippen LogP contribution is 2.26. The molecule has 1 atom stereocenters. The summed E-state index contributed by atoms with van der Waals surface area (Å²) in [6, 6.07) is 16.4. The van der Waals surface area contributed by atoms with Crippen LogP contribution in [0.3, 0.4) is 0 Å². The Balaban J connectivity index is 2.16. The van der Waals surface area contributed by atoms with E-state index in [0.717, 1.165) is 23.5 Å². The van der Waals surface area contributed by atoms with E-state index in [-0.39, 0.29) is 0 Å². The molecule has 2 aromatic rings. The van der Waals surface area contributed by atoms with Crippen LogP contribution in [0.25, 0.3) is 0 Å². The fourth-order valence-electron chi connectivity index (χ4n) is 2.37. The molecule has 106 valence electrons. The smallest absolute Gasteiger partial charge is 0.122 e. The molecule has 20 heavy (non-hydrogen) atoms. The van der Waals surface area contributed by atoms with Crippen molar-refractivity contribution in [2.75, 3.05) is 24.8 Å². The van der Waals surface area contributed by atoms with E-state index < -0.39 is 0 Å². The second-order valence-electron chi connectivity index (χ2n) is 5.03. The number of ether oxygens (including phenoxy) is 1. The van der Waals surface area contributed by atoms with E-state index in [9.17, 15) is 0 Å². The van der Waals surface area contributed by atoms with Crippen LogP contribution in [0, 0.1) is 0 Å². The van der Waals surface area contributed by atoms with Gasteiger partial charge in [-0.1, -0.05) is 30.3 Å². The van der Waals surface area contributed by atoms with Gasteiger partial charge in [0.25, 0.3) is 0 Å². The Morgan fingerprint density at radius 3 is 2.45 bits per heavy atom. The van der Waals surface area contributed by atoms with E-state index in [1.165, 1.54) is 5.56 Å². The van der Waals surface area contributed by atoms with Gasteiger partial charge in [-0.25, -0.2) is 0 Å². The van der Waals surface area contributed by atoms with Gasteiger partial charge < -0.3 is 15.4 Å². The lowest BCUT2D eigenvalue weighted by molar-refractivity contribution is 0.408. The third kappa shape index (κ3) is 3.05. The monoisotopic (exact) mass is 270 g/mol. The van der Waals surface area contributed by atoms with Crippen LogP contribution in [-0.2, 0) is 6.42 Å². The second kappa shape index (κ2) is 6.33. The summed E-state index contributed by atoms with van der Waals surface area (Å²) in [5.41, 5.74) is 9.13. The summed E-state index contributed by atoms with van der Waals surface area (Å²) in [4.78, 5) is 2.21. The van der Waals surface area contributed by atoms with Crippen molar-refractivity contribution in [1.29, 1.82) is 0 Å². The number of nitrogens with zero attached hydrogens (tertiary/aromatic N) is 1. The van der Waals surface area contributed by atoms with Crippen molar-refractivity contribution in [2.45, 2.75) is 19.4 Å². The molecule has 3 nitrogen and oxygen atoms in total. The molecule has 0 fully saturated rings.